The fourth-order valence-electron chi connectivity index (χ4n) is 3.01. The van der Waals surface area contributed by atoms with E-state index in [1.165, 1.54) is 16.6 Å². The molecule has 1 heterocycles. The number of aromatic nitrogens is 2. The second-order valence-electron chi connectivity index (χ2n) is 5.87. The van der Waals surface area contributed by atoms with Gasteiger partial charge in [0.25, 0.3) is 0 Å². The van der Waals surface area contributed by atoms with Crippen molar-refractivity contribution < 1.29 is 0 Å². The smallest absolute Gasteiger partial charge is 0.141 e. The van der Waals surface area contributed by atoms with Crippen LogP contribution in [-0.2, 0) is 6.54 Å². The van der Waals surface area contributed by atoms with Crippen LogP contribution in [0.15, 0.2) is 78.9 Å². The number of hydrogen-bond acceptors (Lipinski definition) is 1. The van der Waals surface area contributed by atoms with Gasteiger partial charge in [0.15, 0.2) is 0 Å². The molecule has 0 aliphatic carbocycles. The van der Waals surface area contributed by atoms with Crippen molar-refractivity contribution >= 4 is 11.0 Å². The van der Waals surface area contributed by atoms with E-state index in [2.05, 4.69) is 84.3 Å². The minimum atomic E-state index is 0.824. The highest BCUT2D eigenvalue weighted by molar-refractivity contribution is 5.80. The Kier molecular flexibility index (Phi) is 3.43. The first kappa shape index (κ1) is 13.8. The van der Waals surface area contributed by atoms with Crippen LogP contribution in [0.2, 0.25) is 0 Å². The molecular formula is C21H18N2. The molecule has 0 unspecified atom stereocenters. The number of hydrogen-bond donors (Lipinski definition) is 0. The van der Waals surface area contributed by atoms with Crippen LogP contribution in [0.3, 0.4) is 0 Å². The molecule has 0 saturated heterocycles. The molecule has 4 rings (SSSR count). The second kappa shape index (κ2) is 5.73. The predicted molar refractivity (Wildman–Crippen MR) is 95.5 cm³/mol. The molecule has 0 aliphatic heterocycles. The Balaban J connectivity index is 1.91. The van der Waals surface area contributed by atoms with E-state index in [0.717, 1.165) is 23.4 Å². The lowest BCUT2D eigenvalue weighted by Crippen LogP contribution is -2.02. The van der Waals surface area contributed by atoms with Crippen molar-refractivity contribution in [1.82, 2.24) is 9.55 Å². The van der Waals surface area contributed by atoms with Crippen LogP contribution in [0.5, 0.6) is 0 Å². The first-order valence-electron chi connectivity index (χ1n) is 7.87. The molecule has 3 aromatic carbocycles. The molecule has 0 fully saturated rings. The second-order valence-corrected chi connectivity index (χ2v) is 5.87. The third-order valence-electron chi connectivity index (χ3n) is 4.11. The van der Waals surface area contributed by atoms with E-state index >= 15 is 0 Å². The minimum absolute atomic E-state index is 0.824. The summed E-state index contributed by atoms with van der Waals surface area (Å²) in [4.78, 5) is 4.88. The third kappa shape index (κ3) is 2.64. The molecule has 0 saturated carbocycles. The van der Waals surface area contributed by atoms with Crippen molar-refractivity contribution in [3.05, 3.63) is 90.0 Å². The Labute approximate surface area is 136 Å². The summed E-state index contributed by atoms with van der Waals surface area (Å²) in [6.45, 7) is 2.94. The molecule has 1 aromatic heterocycles. The Hall–Kier alpha value is -2.87. The maximum absolute atomic E-state index is 4.88. The third-order valence-corrected chi connectivity index (χ3v) is 4.11. The molecule has 0 radical (unpaired) electrons. The lowest BCUT2D eigenvalue weighted by Gasteiger charge is -2.10. The standard InChI is InChI=1S/C21H18N2/c1-16-8-7-11-18(14-16)21-22-19-12-5-6-13-20(19)23(21)15-17-9-3-2-4-10-17/h2-14H,15H2,1H3. The van der Waals surface area contributed by atoms with Gasteiger partial charge in [-0.3, -0.25) is 0 Å². The summed E-state index contributed by atoms with van der Waals surface area (Å²) in [5.74, 6) is 1.03. The average molecular weight is 298 g/mol. The number of nitrogens with zero attached hydrogens (tertiary/aromatic N) is 2. The zero-order valence-electron chi connectivity index (χ0n) is 13.1. The van der Waals surface area contributed by atoms with Crippen molar-refractivity contribution in [3.63, 3.8) is 0 Å². The highest BCUT2D eigenvalue weighted by Gasteiger charge is 2.12. The number of rotatable bonds is 3. The normalized spacial score (nSPS) is 11.0. The van der Waals surface area contributed by atoms with Crippen molar-refractivity contribution in [2.24, 2.45) is 0 Å². The molecule has 2 nitrogen and oxygen atoms in total. The molecule has 0 spiro atoms. The van der Waals surface area contributed by atoms with Crippen LogP contribution >= 0.6 is 0 Å². The van der Waals surface area contributed by atoms with Crippen LogP contribution in [0, 0.1) is 6.92 Å². The number of imidazole rings is 1. The number of fused-ring (bicyclic) bond motifs is 1. The van der Waals surface area contributed by atoms with E-state index in [0.29, 0.717) is 0 Å². The van der Waals surface area contributed by atoms with Gasteiger partial charge in [0, 0.05) is 12.1 Å². The van der Waals surface area contributed by atoms with Gasteiger partial charge in [0.2, 0.25) is 0 Å². The van der Waals surface area contributed by atoms with E-state index in [1.54, 1.807) is 0 Å². The highest BCUT2D eigenvalue weighted by Crippen LogP contribution is 2.26. The summed E-state index contributed by atoms with van der Waals surface area (Å²) in [7, 11) is 0. The monoisotopic (exact) mass is 298 g/mol. The van der Waals surface area contributed by atoms with Crippen LogP contribution < -0.4 is 0 Å². The van der Waals surface area contributed by atoms with Crippen molar-refractivity contribution in [3.8, 4) is 11.4 Å². The molecule has 0 bridgehead atoms. The summed E-state index contributed by atoms with van der Waals surface area (Å²) >= 11 is 0. The predicted octanol–water partition coefficient (Wildman–Crippen LogP) is 5.06. The quantitative estimate of drug-likeness (QED) is 0.517. The van der Waals surface area contributed by atoms with Crippen LogP contribution in [0.1, 0.15) is 11.1 Å². The summed E-state index contributed by atoms with van der Waals surface area (Å²) < 4.78 is 2.30. The Bertz CT molecular complexity index is 952. The van der Waals surface area contributed by atoms with Gasteiger partial charge in [-0.1, -0.05) is 66.2 Å². The Morgan fingerprint density at radius 1 is 0.826 bits per heavy atom. The number of benzene rings is 3. The van der Waals surface area contributed by atoms with Crippen molar-refractivity contribution in [2.45, 2.75) is 13.5 Å². The van der Waals surface area contributed by atoms with Gasteiger partial charge in [-0.05, 0) is 30.7 Å². The van der Waals surface area contributed by atoms with Gasteiger partial charge in [0.05, 0.1) is 11.0 Å². The van der Waals surface area contributed by atoms with Crippen LogP contribution in [-0.4, -0.2) is 9.55 Å². The summed E-state index contributed by atoms with van der Waals surface area (Å²) in [5.41, 5.74) is 5.91. The summed E-state index contributed by atoms with van der Waals surface area (Å²) in [5, 5.41) is 0. The van der Waals surface area contributed by atoms with Crippen molar-refractivity contribution in [2.75, 3.05) is 0 Å². The SMILES string of the molecule is Cc1cccc(-c2nc3ccccc3n2Cc2ccccc2)c1. The van der Waals surface area contributed by atoms with E-state index < -0.39 is 0 Å². The first-order valence-corrected chi connectivity index (χ1v) is 7.87. The molecule has 0 N–H and O–H groups in total. The molecule has 0 amide bonds. The van der Waals surface area contributed by atoms with E-state index in [4.69, 9.17) is 4.98 Å². The zero-order chi connectivity index (χ0) is 15.6. The van der Waals surface area contributed by atoms with E-state index in [-0.39, 0.29) is 0 Å². The van der Waals surface area contributed by atoms with Gasteiger partial charge < -0.3 is 4.57 Å². The molecular weight excluding hydrogens is 280 g/mol. The van der Waals surface area contributed by atoms with Crippen LogP contribution in [0.4, 0.5) is 0 Å². The first-order chi connectivity index (χ1) is 11.3. The van der Waals surface area contributed by atoms with Crippen LogP contribution in [0.25, 0.3) is 22.4 Å². The highest BCUT2D eigenvalue weighted by atomic mass is 15.1. The topological polar surface area (TPSA) is 17.8 Å². The molecule has 0 aliphatic rings. The number of aryl methyl sites for hydroxylation is 1. The van der Waals surface area contributed by atoms with Gasteiger partial charge in [-0.2, -0.15) is 0 Å². The minimum Gasteiger partial charge on any atom is -0.319 e. The van der Waals surface area contributed by atoms with Gasteiger partial charge in [-0.25, -0.2) is 4.98 Å². The molecule has 2 heteroatoms. The maximum atomic E-state index is 4.88. The maximum Gasteiger partial charge on any atom is 0.141 e. The van der Waals surface area contributed by atoms with Gasteiger partial charge in [-0.15, -0.1) is 0 Å². The number of para-hydroxylation sites is 2. The fourth-order valence-corrected chi connectivity index (χ4v) is 3.01. The van der Waals surface area contributed by atoms with E-state index in [9.17, 15) is 0 Å². The molecule has 23 heavy (non-hydrogen) atoms. The van der Waals surface area contributed by atoms with Gasteiger partial charge in [0.1, 0.15) is 5.82 Å². The molecule has 0 atom stereocenters. The largest absolute Gasteiger partial charge is 0.319 e. The van der Waals surface area contributed by atoms with E-state index in [1.807, 2.05) is 6.07 Å². The lowest BCUT2D eigenvalue weighted by atomic mass is 10.1. The molecule has 112 valence electrons. The van der Waals surface area contributed by atoms with Gasteiger partial charge >= 0.3 is 0 Å². The molecule has 4 aromatic rings. The average Bonchev–Trinajstić information content (AvgIpc) is 2.95. The zero-order valence-corrected chi connectivity index (χ0v) is 13.1. The lowest BCUT2D eigenvalue weighted by molar-refractivity contribution is 0.834. The Morgan fingerprint density at radius 3 is 2.43 bits per heavy atom. The summed E-state index contributed by atoms with van der Waals surface area (Å²) in [6.07, 6.45) is 0. The fraction of sp³-hybridized carbons (Fsp3) is 0.0952. The summed E-state index contributed by atoms with van der Waals surface area (Å²) in [6, 6.07) is 27.4. The van der Waals surface area contributed by atoms with Crippen molar-refractivity contribution in [1.29, 1.82) is 0 Å². The Morgan fingerprint density at radius 2 is 1.61 bits per heavy atom.